The number of hydrogen-bond donors (Lipinski definition) is 2. The van der Waals surface area contributed by atoms with E-state index in [-0.39, 0.29) is 12.1 Å². The number of nitrogens with one attached hydrogen (secondary N) is 2. The molecule has 0 aliphatic heterocycles. The van der Waals surface area contributed by atoms with E-state index in [1.807, 2.05) is 47.0 Å². The Morgan fingerprint density at radius 2 is 2.21 bits per heavy atom. The summed E-state index contributed by atoms with van der Waals surface area (Å²) in [4.78, 5) is 11.5. The lowest BCUT2D eigenvalue weighted by Crippen LogP contribution is -2.41. The number of carbonyl (C=O) groups excluding carboxylic acids is 1. The molecule has 0 radical (unpaired) electrons. The van der Waals surface area contributed by atoms with Gasteiger partial charge in [0.1, 0.15) is 5.60 Å². The van der Waals surface area contributed by atoms with Crippen LogP contribution in [0.1, 0.15) is 33.4 Å². The minimum atomic E-state index is -0.464. The first-order valence-corrected chi connectivity index (χ1v) is 6.45. The predicted molar refractivity (Wildman–Crippen MR) is 73.7 cm³/mol. The average molecular weight is 268 g/mol. The Morgan fingerprint density at radius 3 is 2.74 bits per heavy atom. The van der Waals surface area contributed by atoms with Crippen LogP contribution >= 0.6 is 0 Å². The van der Waals surface area contributed by atoms with Crippen LogP contribution < -0.4 is 10.6 Å². The summed E-state index contributed by atoms with van der Waals surface area (Å²) in [5.41, 5.74) is 0.515. The summed E-state index contributed by atoms with van der Waals surface area (Å²) in [6, 6.07) is 2.11. The SMILES string of the molecule is CC(CNC(=O)OC(C)(C)C)NCc1ccn(C)n1. The van der Waals surface area contributed by atoms with E-state index < -0.39 is 5.60 Å². The fourth-order valence-corrected chi connectivity index (χ4v) is 1.46. The molecular formula is C13H24N4O2. The molecule has 2 N–H and O–H groups in total. The maximum atomic E-state index is 11.5. The zero-order chi connectivity index (χ0) is 14.5. The Labute approximate surface area is 114 Å². The van der Waals surface area contributed by atoms with Gasteiger partial charge in [0.25, 0.3) is 0 Å². The number of aromatic nitrogens is 2. The van der Waals surface area contributed by atoms with Gasteiger partial charge in [0.05, 0.1) is 5.69 Å². The quantitative estimate of drug-likeness (QED) is 0.847. The van der Waals surface area contributed by atoms with Crippen LogP contribution in [-0.4, -0.2) is 34.1 Å². The summed E-state index contributed by atoms with van der Waals surface area (Å²) in [5.74, 6) is 0. The van der Waals surface area contributed by atoms with Crippen LogP contribution in [0.25, 0.3) is 0 Å². The zero-order valence-corrected chi connectivity index (χ0v) is 12.4. The van der Waals surface area contributed by atoms with E-state index in [1.165, 1.54) is 0 Å². The van der Waals surface area contributed by atoms with Crippen LogP contribution in [0.4, 0.5) is 4.79 Å². The van der Waals surface area contributed by atoms with Gasteiger partial charge < -0.3 is 15.4 Å². The summed E-state index contributed by atoms with van der Waals surface area (Å²) in [6.45, 7) is 8.72. The molecule has 108 valence electrons. The van der Waals surface area contributed by atoms with Gasteiger partial charge in [-0.25, -0.2) is 4.79 Å². The molecule has 6 nitrogen and oxygen atoms in total. The number of carbonyl (C=O) groups is 1. The van der Waals surface area contributed by atoms with E-state index in [0.29, 0.717) is 13.1 Å². The number of aryl methyl sites for hydroxylation is 1. The van der Waals surface area contributed by atoms with E-state index in [2.05, 4.69) is 15.7 Å². The third-order valence-corrected chi connectivity index (χ3v) is 2.35. The molecule has 19 heavy (non-hydrogen) atoms. The molecule has 0 aromatic carbocycles. The largest absolute Gasteiger partial charge is 0.444 e. The van der Waals surface area contributed by atoms with Crippen molar-refractivity contribution in [2.75, 3.05) is 6.54 Å². The molecule has 0 aliphatic rings. The summed E-state index contributed by atoms with van der Waals surface area (Å²) in [5, 5.41) is 10.3. The van der Waals surface area contributed by atoms with Crippen LogP contribution in [0.2, 0.25) is 0 Å². The maximum absolute atomic E-state index is 11.5. The Balaban J connectivity index is 2.21. The molecular weight excluding hydrogens is 244 g/mol. The van der Waals surface area contributed by atoms with Crippen molar-refractivity contribution in [2.24, 2.45) is 7.05 Å². The van der Waals surface area contributed by atoms with E-state index in [0.717, 1.165) is 5.69 Å². The van der Waals surface area contributed by atoms with Crippen molar-refractivity contribution in [1.82, 2.24) is 20.4 Å². The van der Waals surface area contributed by atoms with Gasteiger partial charge in [-0.3, -0.25) is 4.68 Å². The highest BCUT2D eigenvalue weighted by molar-refractivity contribution is 5.67. The van der Waals surface area contributed by atoms with Crippen molar-refractivity contribution in [2.45, 2.75) is 45.9 Å². The van der Waals surface area contributed by atoms with E-state index in [4.69, 9.17) is 4.74 Å². The number of amides is 1. The molecule has 1 rings (SSSR count). The van der Waals surface area contributed by atoms with Gasteiger partial charge in [0.15, 0.2) is 0 Å². The second kappa shape index (κ2) is 6.56. The summed E-state index contributed by atoms with van der Waals surface area (Å²) >= 11 is 0. The van der Waals surface area contributed by atoms with Crippen molar-refractivity contribution in [3.8, 4) is 0 Å². The number of hydrogen-bond acceptors (Lipinski definition) is 4. The fraction of sp³-hybridized carbons (Fsp3) is 0.692. The Morgan fingerprint density at radius 1 is 1.53 bits per heavy atom. The monoisotopic (exact) mass is 268 g/mol. The molecule has 1 heterocycles. The van der Waals surface area contributed by atoms with Gasteiger partial charge in [-0.15, -0.1) is 0 Å². The van der Waals surface area contributed by atoms with Crippen molar-refractivity contribution < 1.29 is 9.53 Å². The van der Waals surface area contributed by atoms with Gasteiger partial charge in [0.2, 0.25) is 0 Å². The topological polar surface area (TPSA) is 68.2 Å². The van der Waals surface area contributed by atoms with Gasteiger partial charge in [-0.05, 0) is 33.8 Å². The van der Waals surface area contributed by atoms with Crippen molar-refractivity contribution in [3.05, 3.63) is 18.0 Å². The molecule has 1 unspecified atom stereocenters. The lowest BCUT2D eigenvalue weighted by atomic mass is 10.2. The minimum absolute atomic E-state index is 0.148. The van der Waals surface area contributed by atoms with Crippen LogP contribution in [0.15, 0.2) is 12.3 Å². The molecule has 1 amide bonds. The van der Waals surface area contributed by atoms with Gasteiger partial charge in [-0.2, -0.15) is 5.10 Å². The Kier molecular flexibility index (Phi) is 5.35. The van der Waals surface area contributed by atoms with Gasteiger partial charge in [-0.1, -0.05) is 0 Å². The number of ether oxygens (including phenoxy) is 1. The highest BCUT2D eigenvalue weighted by Crippen LogP contribution is 2.06. The third-order valence-electron chi connectivity index (χ3n) is 2.35. The zero-order valence-electron chi connectivity index (χ0n) is 12.4. The normalized spacial score (nSPS) is 13.1. The molecule has 6 heteroatoms. The van der Waals surface area contributed by atoms with Crippen LogP contribution in [0.3, 0.4) is 0 Å². The molecule has 0 bridgehead atoms. The van der Waals surface area contributed by atoms with E-state index >= 15 is 0 Å². The molecule has 0 saturated carbocycles. The van der Waals surface area contributed by atoms with Gasteiger partial charge >= 0.3 is 6.09 Å². The van der Waals surface area contributed by atoms with Crippen molar-refractivity contribution >= 4 is 6.09 Å². The first-order valence-electron chi connectivity index (χ1n) is 6.45. The summed E-state index contributed by atoms with van der Waals surface area (Å²) < 4.78 is 6.93. The first-order chi connectivity index (χ1) is 8.76. The predicted octanol–water partition coefficient (Wildman–Crippen LogP) is 1.42. The first kappa shape index (κ1) is 15.5. The van der Waals surface area contributed by atoms with Crippen molar-refractivity contribution in [1.29, 1.82) is 0 Å². The standard InChI is InChI=1S/C13H24N4O2/c1-10(8-15-12(18)19-13(2,3)4)14-9-11-6-7-17(5)16-11/h6-7,10,14H,8-9H2,1-5H3,(H,15,18). The molecule has 0 spiro atoms. The Bertz CT molecular complexity index is 409. The molecule has 0 saturated heterocycles. The average Bonchev–Trinajstić information content (AvgIpc) is 2.67. The smallest absolute Gasteiger partial charge is 0.407 e. The van der Waals surface area contributed by atoms with E-state index in [1.54, 1.807) is 4.68 Å². The van der Waals surface area contributed by atoms with Crippen LogP contribution in [0, 0.1) is 0 Å². The van der Waals surface area contributed by atoms with E-state index in [9.17, 15) is 4.79 Å². The fourth-order valence-electron chi connectivity index (χ4n) is 1.46. The van der Waals surface area contributed by atoms with Crippen LogP contribution in [-0.2, 0) is 18.3 Å². The highest BCUT2D eigenvalue weighted by Gasteiger charge is 2.16. The van der Waals surface area contributed by atoms with Crippen LogP contribution in [0.5, 0.6) is 0 Å². The molecule has 1 atom stereocenters. The number of rotatable bonds is 5. The third kappa shape index (κ3) is 6.81. The molecule has 1 aromatic rings. The summed E-state index contributed by atoms with van der Waals surface area (Å²) in [7, 11) is 1.89. The molecule has 1 aromatic heterocycles. The highest BCUT2D eigenvalue weighted by atomic mass is 16.6. The lowest BCUT2D eigenvalue weighted by Gasteiger charge is -2.21. The van der Waals surface area contributed by atoms with Crippen molar-refractivity contribution in [3.63, 3.8) is 0 Å². The lowest BCUT2D eigenvalue weighted by molar-refractivity contribution is 0.0523. The maximum Gasteiger partial charge on any atom is 0.407 e. The second-order valence-electron chi connectivity index (χ2n) is 5.65. The number of alkyl carbamates (subject to hydrolysis) is 1. The Hall–Kier alpha value is -1.56. The minimum Gasteiger partial charge on any atom is -0.444 e. The summed E-state index contributed by atoms with van der Waals surface area (Å²) in [6.07, 6.45) is 1.51. The molecule has 0 aliphatic carbocycles. The molecule has 0 fully saturated rings. The second-order valence-corrected chi connectivity index (χ2v) is 5.65. The number of nitrogens with zero attached hydrogens (tertiary/aromatic N) is 2. The van der Waals surface area contributed by atoms with Gasteiger partial charge in [0, 0.05) is 32.4 Å².